The molecule has 1 atom stereocenters. The maximum absolute atomic E-state index is 13.1. The standard InChI is InChI=1S/C21H22F3N4O7PS2.C2HF3O2/c22-21(23,24)16-9-15(2-1-13(16)11-27)35-36(29,30)12-28-38(31,32)20-8-14-7-17(33-5-3-25)18(34-6-4-26)10-19(14)37-20;3-2(4,5)1(6)7/h1-2,7-10,28H,3-6,12,25-26H2,(H,29,30);(H,6,7). The summed E-state index contributed by atoms with van der Waals surface area (Å²) in [6.45, 7) is 0.811. The molecule has 0 amide bonds. The number of carboxylic acids is 1. The zero-order valence-corrected chi connectivity index (χ0v) is 24.9. The number of rotatable bonds is 12. The first-order chi connectivity index (χ1) is 20.7. The fourth-order valence-electron chi connectivity index (χ4n) is 3.07. The minimum Gasteiger partial charge on any atom is -0.488 e. The van der Waals surface area contributed by atoms with Crippen LogP contribution in [0.1, 0.15) is 11.1 Å². The Morgan fingerprint density at radius 2 is 1.58 bits per heavy atom. The number of nitrogens with zero attached hydrogens (tertiary/aromatic N) is 1. The van der Waals surface area contributed by atoms with E-state index >= 15 is 0 Å². The largest absolute Gasteiger partial charge is 0.490 e. The summed E-state index contributed by atoms with van der Waals surface area (Å²) < 4.78 is 127. The number of thiophene rings is 1. The fourth-order valence-corrected chi connectivity index (χ4v) is 7.02. The molecule has 0 spiro atoms. The highest BCUT2D eigenvalue weighted by atomic mass is 32.2. The van der Waals surface area contributed by atoms with Gasteiger partial charge in [-0.1, -0.05) is 0 Å². The van der Waals surface area contributed by atoms with Crippen molar-refractivity contribution in [2.45, 2.75) is 16.6 Å². The third-order valence-electron chi connectivity index (χ3n) is 4.94. The molecule has 0 aliphatic carbocycles. The molecule has 0 bridgehead atoms. The molecule has 0 radical (unpaired) electrons. The van der Waals surface area contributed by atoms with Crippen molar-refractivity contribution in [1.82, 2.24) is 4.72 Å². The molecule has 22 heteroatoms. The Balaban J connectivity index is 0.000000900. The van der Waals surface area contributed by atoms with E-state index in [4.69, 9.17) is 40.6 Å². The Labute approximate surface area is 254 Å². The number of carbonyl (C=O) groups is 1. The fraction of sp³-hybridized carbons (Fsp3) is 0.304. The summed E-state index contributed by atoms with van der Waals surface area (Å²) in [4.78, 5) is 19.0. The first-order valence-corrected chi connectivity index (χ1v) is 16.0. The molecule has 0 fully saturated rings. The summed E-state index contributed by atoms with van der Waals surface area (Å²) in [6, 6.07) is 7.84. The number of benzene rings is 2. The zero-order valence-electron chi connectivity index (χ0n) is 22.4. The number of fused-ring (bicyclic) bond motifs is 1. The summed E-state index contributed by atoms with van der Waals surface area (Å²) in [5, 5.41) is 16.5. The number of halogens is 6. The van der Waals surface area contributed by atoms with Gasteiger partial charge in [0, 0.05) is 23.9 Å². The molecule has 0 aliphatic heterocycles. The Morgan fingerprint density at radius 3 is 2.07 bits per heavy atom. The summed E-state index contributed by atoms with van der Waals surface area (Å²) in [7, 11) is -9.14. The number of nitrogens with one attached hydrogen (secondary N) is 1. The molecular formula is C23H23F6N4O9PS2. The number of alkyl halides is 6. The maximum atomic E-state index is 13.1. The maximum Gasteiger partial charge on any atom is 0.490 e. The average Bonchev–Trinajstić information content (AvgIpc) is 3.37. The molecule has 248 valence electrons. The molecule has 0 aliphatic rings. The van der Waals surface area contributed by atoms with E-state index in [-0.39, 0.29) is 30.5 Å². The quantitative estimate of drug-likeness (QED) is 0.134. The van der Waals surface area contributed by atoms with Crippen LogP contribution in [0.25, 0.3) is 10.1 Å². The third kappa shape index (κ3) is 11.0. The third-order valence-corrected chi connectivity index (χ3v) is 9.18. The van der Waals surface area contributed by atoms with Crippen molar-refractivity contribution >= 4 is 45.0 Å². The van der Waals surface area contributed by atoms with Crippen LogP contribution >= 0.6 is 18.9 Å². The first kappa shape index (κ1) is 37.5. The highest BCUT2D eigenvalue weighted by Crippen LogP contribution is 2.44. The van der Waals surface area contributed by atoms with Crippen LogP contribution in [0.15, 0.2) is 40.6 Å². The lowest BCUT2D eigenvalue weighted by molar-refractivity contribution is -0.192. The summed E-state index contributed by atoms with van der Waals surface area (Å²) in [6.07, 6.45) is -11.1. The highest BCUT2D eigenvalue weighted by Gasteiger charge is 2.38. The topological polar surface area (TPSA) is 224 Å². The van der Waals surface area contributed by atoms with Gasteiger partial charge in [-0.05, 0) is 35.7 Å². The van der Waals surface area contributed by atoms with Crippen LogP contribution in [0, 0.1) is 11.3 Å². The van der Waals surface area contributed by atoms with Gasteiger partial charge in [0.05, 0.1) is 17.2 Å². The van der Waals surface area contributed by atoms with E-state index in [0.29, 0.717) is 27.7 Å². The lowest BCUT2D eigenvalue weighted by Crippen LogP contribution is -2.25. The van der Waals surface area contributed by atoms with Crippen molar-refractivity contribution in [3.8, 4) is 23.3 Å². The van der Waals surface area contributed by atoms with Gasteiger partial charge >= 0.3 is 25.9 Å². The van der Waals surface area contributed by atoms with E-state index < -0.39 is 59.1 Å². The van der Waals surface area contributed by atoms with E-state index in [1.807, 2.05) is 4.72 Å². The van der Waals surface area contributed by atoms with E-state index in [9.17, 15) is 44.2 Å². The Bertz CT molecular complexity index is 1660. The molecule has 3 aromatic rings. The number of aliphatic carboxylic acids is 1. The first-order valence-electron chi connectivity index (χ1n) is 11.9. The van der Waals surface area contributed by atoms with Gasteiger partial charge in [0.15, 0.2) is 11.5 Å². The second kappa shape index (κ2) is 15.1. The van der Waals surface area contributed by atoms with Gasteiger partial charge in [0.1, 0.15) is 29.5 Å². The molecule has 13 nitrogen and oxygen atoms in total. The van der Waals surface area contributed by atoms with Crippen LogP contribution < -0.4 is 30.2 Å². The number of hydrogen-bond acceptors (Lipinski definition) is 11. The summed E-state index contributed by atoms with van der Waals surface area (Å²) in [5.74, 6) is -2.78. The molecule has 2 aromatic carbocycles. The normalized spacial score (nSPS) is 13.2. The van der Waals surface area contributed by atoms with Crippen LogP contribution in [-0.2, 0) is 25.6 Å². The lowest BCUT2D eigenvalue weighted by atomic mass is 10.1. The Kier molecular flexibility index (Phi) is 12.6. The number of carboxylic acid groups (broad SMARTS) is 1. The molecular weight excluding hydrogens is 685 g/mol. The van der Waals surface area contributed by atoms with Gasteiger partial charge in [-0.15, -0.1) is 11.3 Å². The number of ether oxygens (including phenoxy) is 2. The predicted octanol–water partition coefficient (Wildman–Crippen LogP) is 3.60. The molecule has 1 heterocycles. The molecule has 0 saturated carbocycles. The molecule has 1 aromatic heterocycles. The molecule has 3 rings (SSSR count). The molecule has 0 saturated heterocycles. The SMILES string of the molecule is N#Cc1ccc(OP(=O)(O)CNS(=O)(=O)c2cc3cc(OCCN)c(OCCN)cc3s2)cc1C(F)(F)F.O=C(O)C(F)(F)F. The summed E-state index contributed by atoms with van der Waals surface area (Å²) >= 11 is 0.838. The minimum absolute atomic E-state index is 0.177. The minimum atomic E-state index is -5.08. The average molecular weight is 709 g/mol. The van der Waals surface area contributed by atoms with E-state index in [1.54, 1.807) is 12.1 Å². The van der Waals surface area contributed by atoms with Crippen molar-refractivity contribution in [2.75, 3.05) is 32.6 Å². The molecule has 1 unspecified atom stereocenters. The lowest BCUT2D eigenvalue weighted by Gasteiger charge is -2.16. The van der Waals surface area contributed by atoms with Gasteiger partial charge < -0.3 is 35.5 Å². The van der Waals surface area contributed by atoms with Gasteiger partial charge in [-0.3, -0.25) is 0 Å². The number of hydrogen-bond donors (Lipinski definition) is 5. The van der Waals surface area contributed by atoms with Gasteiger partial charge in [-0.25, -0.2) is 17.8 Å². The van der Waals surface area contributed by atoms with Gasteiger partial charge in [0.25, 0.3) is 10.0 Å². The molecule has 7 N–H and O–H groups in total. The predicted molar refractivity (Wildman–Crippen MR) is 146 cm³/mol. The molecule has 45 heavy (non-hydrogen) atoms. The van der Waals surface area contributed by atoms with Crippen LogP contribution in [-0.4, -0.2) is 63.2 Å². The smallest absolute Gasteiger partial charge is 0.488 e. The Morgan fingerprint density at radius 1 is 1.02 bits per heavy atom. The number of nitriles is 1. The van der Waals surface area contributed by atoms with Crippen molar-refractivity contribution in [2.24, 2.45) is 11.5 Å². The van der Waals surface area contributed by atoms with Crippen LogP contribution in [0.4, 0.5) is 26.3 Å². The highest BCUT2D eigenvalue weighted by molar-refractivity contribution is 7.92. The van der Waals surface area contributed by atoms with Crippen LogP contribution in [0.3, 0.4) is 0 Å². The summed E-state index contributed by atoms with van der Waals surface area (Å²) in [5.41, 5.74) is 8.86. The van der Waals surface area contributed by atoms with E-state index in [1.165, 1.54) is 12.1 Å². The van der Waals surface area contributed by atoms with Crippen molar-refractivity contribution in [1.29, 1.82) is 5.26 Å². The van der Waals surface area contributed by atoms with E-state index in [2.05, 4.69) is 0 Å². The monoisotopic (exact) mass is 708 g/mol. The second-order valence-electron chi connectivity index (χ2n) is 8.33. The second-order valence-corrected chi connectivity index (χ2v) is 13.2. The van der Waals surface area contributed by atoms with Crippen molar-refractivity contribution in [3.63, 3.8) is 0 Å². The zero-order chi connectivity index (χ0) is 34.2. The van der Waals surface area contributed by atoms with E-state index in [0.717, 1.165) is 23.5 Å². The van der Waals surface area contributed by atoms with Gasteiger partial charge in [-0.2, -0.15) is 36.3 Å². The van der Waals surface area contributed by atoms with Crippen LogP contribution in [0.2, 0.25) is 0 Å². The van der Waals surface area contributed by atoms with Crippen molar-refractivity contribution < 1.29 is 68.1 Å². The Hall–Kier alpha value is -3.64. The number of nitrogens with two attached hydrogens (primary N) is 2. The number of sulfonamides is 1. The van der Waals surface area contributed by atoms with Crippen LogP contribution in [0.5, 0.6) is 17.2 Å². The van der Waals surface area contributed by atoms with Gasteiger partial charge in [0.2, 0.25) is 0 Å². The van der Waals surface area contributed by atoms with Crippen molar-refractivity contribution in [3.05, 3.63) is 47.5 Å².